The SMILES string of the molecule is Cc1ccc(-c2c3ccccc3cc3c(-c4ccc(C)s4)c4ccccc4cc23)s1. The highest BCUT2D eigenvalue weighted by atomic mass is 32.1. The van der Waals surface area contributed by atoms with Crippen LogP contribution >= 0.6 is 22.7 Å². The molecule has 0 unspecified atom stereocenters. The Morgan fingerprint density at radius 1 is 0.467 bits per heavy atom. The molecule has 0 amide bonds. The van der Waals surface area contributed by atoms with Gasteiger partial charge in [-0.2, -0.15) is 0 Å². The Hall–Kier alpha value is -2.94. The molecule has 144 valence electrons. The number of hydrogen-bond donors (Lipinski definition) is 0. The van der Waals surface area contributed by atoms with E-state index in [1.807, 2.05) is 22.7 Å². The average molecular weight is 421 g/mol. The van der Waals surface area contributed by atoms with Gasteiger partial charge in [0.25, 0.3) is 0 Å². The van der Waals surface area contributed by atoms with E-state index in [0.717, 1.165) is 0 Å². The number of rotatable bonds is 2. The van der Waals surface area contributed by atoms with Gasteiger partial charge in [-0.3, -0.25) is 0 Å². The highest BCUT2D eigenvalue weighted by Crippen LogP contribution is 2.46. The van der Waals surface area contributed by atoms with Crippen LogP contribution in [0, 0.1) is 13.8 Å². The smallest absolute Gasteiger partial charge is 0.0358 e. The summed E-state index contributed by atoms with van der Waals surface area (Å²) in [6, 6.07) is 31.5. The molecule has 0 aliphatic carbocycles. The number of hydrogen-bond acceptors (Lipinski definition) is 2. The van der Waals surface area contributed by atoms with Crippen LogP contribution in [0.3, 0.4) is 0 Å². The molecule has 2 aromatic heterocycles. The second kappa shape index (κ2) is 6.80. The maximum absolute atomic E-state index is 2.39. The lowest BCUT2D eigenvalue weighted by Gasteiger charge is -2.16. The van der Waals surface area contributed by atoms with Crippen LogP contribution in [-0.4, -0.2) is 0 Å². The molecule has 6 rings (SSSR count). The summed E-state index contributed by atoms with van der Waals surface area (Å²) in [6.45, 7) is 4.38. The quantitative estimate of drug-likeness (QED) is 0.245. The van der Waals surface area contributed by atoms with Crippen LogP contribution < -0.4 is 0 Å². The lowest BCUT2D eigenvalue weighted by Crippen LogP contribution is -1.88. The fourth-order valence-electron chi connectivity index (χ4n) is 4.54. The van der Waals surface area contributed by atoms with Crippen molar-refractivity contribution in [3.8, 4) is 20.9 Å². The van der Waals surface area contributed by atoms with E-state index < -0.39 is 0 Å². The second-order valence-electron chi connectivity index (χ2n) is 7.86. The summed E-state index contributed by atoms with van der Waals surface area (Å²) < 4.78 is 0. The van der Waals surface area contributed by atoms with Gasteiger partial charge in [0.05, 0.1) is 0 Å². The Kier molecular flexibility index (Phi) is 4.05. The van der Waals surface area contributed by atoms with E-state index in [-0.39, 0.29) is 0 Å². The molecule has 0 aliphatic rings. The third-order valence-electron chi connectivity index (χ3n) is 5.86. The third-order valence-corrected chi connectivity index (χ3v) is 7.90. The van der Waals surface area contributed by atoms with Gasteiger partial charge in [0.1, 0.15) is 0 Å². The predicted octanol–water partition coefficient (Wildman–Crippen LogP) is 9.22. The molecule has 0 atom stereocenters. The maximum Gasteiger partial charge on any atom is 0.0358 e. The zero-order valence-corrected chi connectivity index (χ0v) is 18.5. The van der Waals surface area contributed by atoms with Crippen molar-refractivity contribution in [3.63, 3.8) is 0 Å². The first kappa shape index (κ1) is 17.9. The van der Waals surface area contributed by atoms with E-state index in [1.165, 1.54) is 63.0 Å². The minimum atomic E-state index is 1.30. The highest BCUT2D eigenvalue weighted by Gasteiger charge is 2.17. The average Bonchev–Trinajstić information content (AvgIpc) is 3.38. The van der Waals surface area contributed by atoms with E-state index in [2.05, 4.69) is 98.8 Å². The molecule has 0 nitrogen and oxygen atoms in total. The van der Waals surface area contributed by atoms with Gasteiger partial charge in [0.2, 0.25) is 0 Å². The van der Waals surface area contributed by atoms with Gasteiger partial charge in [-0.25, -0.2) is 0 Å². The van der Waals surface area contributed by atoms with Crippen molar-refractivity contribution in [2.24, 2.45) is 0 Å². The summed E-state index contributed by atoms with van der Waals surface area (Å²) >= 11 is 3.77. The minimum Gasteiger partial charge on any atom is -0.141 e. The summed E-state index contributed by atoms with van der Waals surface area (Å²) in [4.78, 5) is 5.39. The Morgan fingerprint density at radius 2 is 0.900 bits per heavy atom. The topological polar surface area (TPSA) is 0 Å². The van der Waals surface area contributed by atoms with Crippen molar-refractivity contribution in [2.45, 2.75) is 13.8 Å². The molecule has 0 saturated carbocycles. The van der Waals surface area contributed by atoms with Crippen LogP contribution in [0.5, 0.6) is 0 Å². The Balaban J connectivity index is 1.88. The maximum atomic E-state index is 2.39. The van der Waals surface area contributed by atoms with Crippen molar-refractivity contribution in [1.82, 2.24) is 0 Å². The normalized spacial score (nSPS) is 11.7. The summed E-state index contributed by atoms with van der Waals surface area (Å²) in [5, 5.41) is 7.95. The second-order valence-corrected chi connectivity index (χ2v) is 10.4. The van der Waals surface area contributed by atoms with Crippen molar-refractivity contribution in [2.75, 3.05) is 0 Å². The Bertz CT molecular complexity index is 1440. The Labute approximate surface area is 184 Å². The lowest BCUT2D eigenvalue weighted by atomic mass is 9.89. The number of fused-ring (bicyclic) bond motifs is 3. The molecule has 0 N–H and O–H groups in total. The van der Waals surface area contributed by atoms with Gasteiger partial charge in [-0.1, -0.05) is 48.5 Å². The zero-order valence-electron chi connectivity index (χ0n) is 16.9. The van der Waals surface area contributed by atoms with Gasteiger partial charge < -0.3 is 0 Å². The van der Waals surface area contributed by atoms with Gasteiger partial charge >= 0.3 is 0 Å². The number of thiophene rings is 2. The van der Waals surface area contributed by atoms with Crippen LogP contribution in [0.25, 0.3) is 53.2 Å². The first-order chi connectivity index (χ1) is 14.7. The van der Waals surface area contributed by atoms with E-state index in [4.69, 9.17) is 0 Å². The molecule has 2 heterocycles. The van der Waals surface area contributed by atoms with Crippen LogP contribution in [0.15, 0.2) is 84.9 Å². The molecule has 0 radical (unpaired) electrons. The molecule has 4 aromatic carbocycles. The van der Waals surface area contributed by atoms with Crippen molar-refractivity contribution < 1.29 is 0 Å². The molecule has 6 aromatic rings. The molecule has 0 bridgehead atoms. The molecule has 0 aliphatic heterocycles. The third kappa shape index (κ3) is 2.72. The predicted molar refractivity (Wildman–Crippen MR) is 135 cm³/mol. The first-order valence-corrected chi connectivity index (χ1v) is 11.8. The molecule has 0 saturated heterocycles. The first-order valence-electron chi connectivity index (χ1n) is 10.2. The van der Waals surface area contributed by atoms with Gasteiger partial charge in [-0.05, 0) is 82.6 Å². The zero-order chi connectivity index (χ0) is 20.2. The molecule has 0 fully saturated rings. The number of aryl methyl sites for hydroxylation is 2. The minimum absolute atomic E-state index is 1.30. The van der Waals surface area contributed by atoms with E-state index >= 15 is 0 Å². The molecule has 0 spiro atoms. The van der Waals surface area contributed by atoms with E-state index in [1.54, 1.807) is 0 Å². The summed E-state index contributed by atoms with van der Waals surface area (Å²) in [7, 11) is 0. The summed E-state index contributed by atoms with van der Waals surface area (Å²) in [5.41, 5.74) is 2.72. The fraction of sp³-hybridized carbons (Fsp3) is 0.0714. The van der Waals surface area contributed by atoms with Crippen LogP contribution in [-0.2, 0) is 0 Å². The molecular weight excluding hydrogens is 400 g/mol. The van der Waals surface area contributed by atoms with Gasteiger partial charge in [0, 0.05) is 30.6 Å². The van der Waals surface area contributed by atoms with Crippen molar-refractivity contribution in [1.29, 1.82) is 0 Å². The van der Waals surface area contributed by atoms with Crippen molar-refractivity contribution in [3.05, 3.63) is 94.7 Å². The van der Waals surface area contributed by atoms with Crippen LogP contribution in [0.4, 0.5) is 0 Å². The van der Waals surface area contributed by atoms with Crippen LogP contribution in [0.1, 0.15) is 9.75 Å². The van der Waals surface area contributed by atoms with Crippen LogP contribution in [0.2, 0.25) is 0 Å². The summed E-state index contributed by atoms with van der Waals surface area (Å²) in [5.74, 6) is 0. The van der Waals surface area contributed by atoms with Gasteiger partial charge in [0.15, 0.2) is 0 Å². The van der Waals surface area contributed by atoms with E-state index in [0.29, 0.717) is 0 Å². The summed E-state index contributed by atoms with van der Waals surface area (Å²) in [6.07, 6.45) is 0. The molecular formula is C28H20S2. The highest BCUT2D eigenvalue weighted by molar-refractivity contribution is 7.16. The lowest BCUT2D eigenvalue weighted by molar-refractivity contribution is 1.64. The standard InChI is InChI=1S/C28H20S2/c1-17-11-13-25(29-17)27-21-9-5-3-7-19(21)16-24-23(27)15-20-8-4-6-10-22(20)28(24)26-14-12-18(2)30-26/h3-16H,1-2H3. The number of benzene rings is 4. The molecule has 30 heavy (non-hydrogen) atoms. The Morgan fingerprint density at radius 3 is 1.30 bits per heavy atom. The fourth-order valence-corrected chi connectivity index (χ4v) is 6.42. The largest absolute Gasteiger partial charge is 0.141 e. The monoisotopic (exact) mass is 420 g/mol. The van der Waals surface area contributed by atoms with E-state index in [9.17, 15) is 0 Å². The van der Waals surface area contributed by atoms with Gasteiger partial charge in [-0.15, -0.1) is 22.7 Å². The van der Waals surface area contributed by atoms with Crippen molar-refractivity contribution >= 4 is 55.0 Å². The molecule has 2 heteroatoms.